The van der Waals surface area contributed by atoms with E-state index < -0.39 is 0 Å². The lowest BCUT2D eigenvalue weighted by atomic mass is 9.99. The van der Waals surface area contributed by atoms with Crippen LogP contribution in [0.2, 0.25) is 0 Å². The normalized spacial score (nSPS) is 12.2. The van der Waals surface area contributed by atoms with Gasteiger partial charge in [-0.15, -0.1) is 0 Å². The van der Waals surface area contributed by atoms with E-state index >= 15 is 0 Å². The van der Waals surface area contributed by atoms with Crippen LogP contribution in [0.25, 0.3) is 16.7 Å². The van der Waals surface area contributed by atoms with Crippen molar-refractivity contribution in [2.75, 3.05) is 0 Å². The Morgan fingerprint density at radius 1 is 0.969 bits per heavy atom. The van der Waals surface area contributed by atoms with Gasteiger partial charge >= 0.3 is 0 Å². The van der Waals surface area contributed by atoms with Crippen molar-refractivity contribution in [3.63, 3.8) is 0 Å². The van der Waals surface area contributed by atoms with Crippen molar-refractivity contribution in [3.05, 3.63) is 88.2 Å². The van der Waals surface area contributed by atoms with Gasteiger partial charge in [0.25, 0.3) is 0 Å². The molecule has 2 heterocycles. The highest BCUT2D eigenvalue weighted by atomic mass is 16.1. The number of carbonyl (C=O) groups excluding carboxylic acids is 1. The Hall–Kier alpha value is -3.47. The van der Waals surface area contributed by atoms with Crippen LogP contribution in [0.5, 0.6) is 0 Å². The van der Waals surface area contributed by atoms with E-state index in [9.17, 15) is 4.79 Å². The van der Waals surface area contributed by atoms with Crippen molar-refractivity contribution in [1.82, 2.24) is 20.1 Å². The Morgan fingerprint density at radius 2 is 1.66 bits per heavy atom. The Balaban J connectivity index is 1.57. The molecule has 2 aromatic heterocycles. The molecule has 0 aliphatic rings. The number of pyridine rings is 1. The highest BCUT2D eigenvalue weighted by Gasteiger charge is 2.18. The van der Waals surface area contributed by atoms with Crippen LogP contribution in [0.4, 0.5) is 0 Å². The van der Waals surface area contributed by atoms with Gasteiger partial charge in [0.1, 0.15) is 0 Å². The van der Waals surface area contributed by atoms with E-state index in [0.717, 1.165) is 44.8 Å². The zero-order chi connectivity index (χ0) is 22.8. The highest BCUT2D eigenvalue weighted by Crippen LogP contribution is 2.28. The molecule has 32 heavy (non-hydrogen) atoms. The molecule has 0 bridgehead atoms. The average molecular weight is 427 g/mol. The third-order valence-electron chi connectivity index (χ3n) is 6.13. The molecule has 0 unspecified atom stereocenters. The largest absolute Gasteiger partial charge is 0.350 e. The molecule has 1 atom stereocenters. The predicted octanol–water partition coefficient (Wildman–Crippen LogP) is 5.46. The maximum atomic E-state index is 12.6. The van der Waals surface area contributed by atoms with Crippen LogP contribution in [0.15, 0.2) is 54.6 Å². The molecule has 0 aliphatic heterocycles. The monoisotopic (exact) mass is 426 g/mol. The molecule has 0 aliphatic carbocycles. The van der Waals surface area contributed by atoms with Crippen LogP contribution in [-0.2, 0) is 11.2 Å². The van der Waals surface area contributed by atoms with Crippen LogP contribution in [0, 0.1) is 27.7 Å². The summed E-state index contributed by atoms with van der Waals surface area (Å²) < 4.78 is 1.92. The summed E-state index contributed by atoms with van der Waals surface area (Å²) in [5, 5.41) is 8.96. The van der Waals surface area contributed by atoms with Crippen molar-refractivity contribution >= 4 is 16.9 Å². The molecule has 164 valence electrons. The van der Waals surface area contributed by atoms with Gasteiger partial charge in [0.05, 0.1) is 17.4 Å². The van der Waals surface area contributed by atoms with Crippen molar-refractivity contribution in [3.8, 4) is 5.69 Å². The number of nitrogens with zero attached hydrogens (tertiary/aromatic N) is 3. The van der Waals surface area contributed by atoms with E-state index in [0.29, 0.717) is 12.8 Å². The fourth-order valence-corrected chi connectivity index (χ4v) is 4.32. The first-order valence-corrected chi connectivity index (χ1v) is 11.1. The van der Waals surface area contributed by atoms with E-state index in [1.807, 2.05) is 55.8 Å². The number of aromatic nitrogens is 3. The minimum absolute atomic E-state index is 0.0125. The first kappa shape index (κ1) is 21.8. The van der Waals surface area contributed by atoms with Gasteiger partial charge in [-0.3, -0.25) is 4.79 Å². The lowest BCUT2D eigenvalue weighted by Crippen LogP contribution is -2.27. The second-order valence-corrected chi connectivity index (χ2v) is 8.53. The number of amides is 1. The minimum atomic E-state index is -0.0125. The zero-order valence-corrected chi connectivity index (χ0v) is 19.4. The Labute approximate surface area is 189 Å². The summed E-state index contributed by atoms with van der Waals surface area (Å²) in [6.45, 7) is 10.3. The van der Waals surface area contributed by atoms with Crippen molar-refractivity contribution in [2.24, 2.45) is 0 Å². The molecule has 2 aromatic carbocycles. The highest BCUT2D eigenvalue weighted by molar-refractivity contribution is 5.85. The second-order valence-electron chi connectivity index (χ2n) is 8.53. The maximum Gasteiger partial charge on any atom is 0.220 e. The number of carbonyl (C=O) groups is 1. The fourth-order valence-electron chi connectivity index (χ4n) is 4.32. The van der Waals surface area contributed by atoms with E-state index in [1.165, 1.54) is 5.56 Å². The molecule has 0 saturated heterocycles. The van der Waals surface area contributed by atoms with Crippen LogP contribution in [0.3, 0.4) is 0 Å². The summed E-state index contributed by atoms with van der Waals surface area (Å²) in [4.78, 5) is 17.5. The van der Waals surface area contributed by atoms with Gasteiger partial charge in [0.2, 0.25) is 5.91 Å². The van der Waals surface area contributed by atoms with Gasteiger partial charge in [0.15, 0.2) is 5.65 Å². The smallest absolute Gasteiger partial charge is 0.220 e. The third kappa shape index (κ3) is 4.28. The quantitative estimate of drug-likeness (QED) is 0.445. The van der Waals surface area contributed by atoms with Crippen molar-refractivity contribution in [1.29, 1.82) is 0 Å². The van der Waals surface area contributed by atoms with Crippen LogP contribution >= 0.6 is 0 Å². The van der Waals surface area contributed by atoms with Crippen molar-refractivity contribution < 1.29 is 4.79 Å². The lowest BCUT2D eigenvalue weighted by Gasteiger charge is -2.15. The number of fused-ring (bicyclic) bond motifs is 1. The first-order valence-electron chi connectivity index (χ1n) is 11.1. The Bertz CT molecular complexity index is 1260. The number of benzene rings is 2. The minimum Gasteiger partial charge on any atom is -0.350 e. The SMILES string of the molecule is Cc1ccc(-n2nc(C)c3c(C)c(CCC(=O)N[C@H](C)c4ccccc4)c(C)nc32)cc1. The summed E-state index contributed by atoms with van der Waals surface area (Å²) in [5.41, 5.74) is 8.38. The first-order chi connectivity index (χ1) is 15.3. The molecule has 0 saturated carbocycles. The molecule has 4 aromatic rings. The summed E-state index contributed by atoms with van der Waals surface area (Å²) in [5.74, 6) is 0.0484. The van der Waals surface area contributed by atoms with Gasteiger partial charge in [-0.1, -0.05) is 48.0 Å². The van der Waals surface area contributed by atoms with Gasteiger partial charge in [-0.25, -0.2) is 9.67 Å². The van der Waals surface area contributed by atoms with Gasteiger partial charge in [-0.05, 0) is 69.9 Å². The molecule has 0 spiro atoms. The van der Waals surface area contributed by atoms with Crippen molar-refractivity contribution in [2.45, 2.75) is 53.5 Å². The molecule has 1 N–H and O–H groups in total. The van der Waals surface area contributed by atoms with E-state index in [4.69, 9.17) is 10.1 Å². The van der Waals surface area contributed by atoms with Crippen LogP contribution < -0.4 is 5.32 Å². The van der Waals surface area contributed by atoms with E-state index in [2.05, 4.69) is 43.4 Å². The number of hydrogen-bond acceptors (Lipinski definition) is 3. The number of hydrogen-bond donors (Lipinski definition) is 1. The molecule has 4 rings (SSSR count). The lowest BCUT2D eigenvalue weighted by molar-refractivity contribution is -0.121. The molecule has 5 heteroatoms. The average Bonchev–Trinajstić information content (AvgIpc) is 3.10. The number of nitrogens with one attached hydrogen (secondary N) is 1. The molecular formula is C27H30N4O. The molecule has 5 nitrogen and oxygen atoms in total. The van der Waals surface area contributed by atoms with E-state index in [-0.39, 0.29) is 11.9 Å². The Morgan fingerprint density at radius 3 is 2.34 bits per heavy atom. The summed E-state index contributed by atoms with van der Waals surface area (Å²) in [6, 6.07) is 18.3. The van der Waals surface area contributed by atoms with Crippen LogP contribution in [-0.4, -0.2) is 20.7 Å². The predicted molar refractivity (Wildman–Crippen MR) is 129 cm³/mol. The van der Waals surface area contributed by atoms with Crippen LogP contribution in [0.1, 0.15) is 53.0 Å². The van der Waals surface area contributed by atoms with E-state index in [1.54, 1.807) is 0 Å². The Kier molecular flexibility index (Phi) is 6.08. The standard InChI is InChI=1S/C27H30N4O/c1-17-11-13-23(14-12-17)31-27-26(21(5)30-31)18(2)24(20(4)29-27)15-16-25(32)28-19(3)22-9-7-6-8-10-22/h6-14,19H,15-16H2,1-5H3,(H,28,32)/t19-/m1/s1. The molecular weight excluding hydrogens is 396 g/mol. The fraction of sp³-hybridized carbons (Fsp3) is 0.296. The van der Waals surface area contributed by atoms with Gasteiger partial charge in [0, 0.05) is 17.5 Å². The zero-order valence-electron chi connectivity index (χ0n) is 19.4. The molecule has 0 radical (unpaired) electrons. The summed E-state index contributed by atoms with van der Waals surface area (Å²) in [6.07, 6.45) is 1.08. The number of aryl methyl sites for hydroxylation is 4. The second kappa shape index (κ2) is 8.95. The maximum absolute atomic E-state index is 12.6. The van der Waals surface area contributed by atoms with Gasteiger partial charge < -0.3 is 5.32 Å². The molecule has 0 fully saturated rings. The topological polar surface area (TPSA) is 59.8 Å². The summed E-state index contributed by atoms with van der Waals surface area (Å²) >= 11 is 0. The number of rotatable bonds is 6. The van der Waals surface area contributed by atoms with Gasteiger partial charge in [-0.2, -0.15) is 5.10 Å². The third-order valence-corrected chi connectivity index (χ3v) is 6.13. The molecule has 1 amide bonds. The summed E-state index contributed by atoms with van der Waals surface area (Å²) in [7, 11) is 0.